The normalized spacial score (nSPS) is 19.5. The van der Waals surface area contributed by atoms with Gasteiger partial charge >= 0.3 is 0 Å². The average Bonchev–Trinajstić information content (AvgIpc) is 2.86. The minimum Gasteiger partial charge on any atom is -0.300 e. The third-order valence-corrected chi connectivity index (χ3v) is 4.03. The lowest BCUT2D eigenvalue weighted by Crippen LogP contribution is -2.51. The summed E-state index contributed by atoms with van der Waals surface area (Å²) >= 11 is 3.32. The number of nitrogens with one attached hydrogen (secondary N) is 1. The van der Waals surface area contributed by atoms with Gasteiger partial charge < -0.3 is 5.32 Å². The molecule has 1 aliphatic heterocycles. The van der Waals surface area contributed by atoms with Crippen LogP contribution in [0.3, 0.4) is 0 Å². The van der Waals surface area contributed by atoms with Crippen molar-refractivity contribution >= 4 is 33.4 Å². The van der Waals surface area contributed by atoms with E-state index in [4.69, 9.17) is 0 Å². The zero-order valence-electron chi connectivity index (χ0n) is 11.4. The van der Waals surface area contributed by atoms with Gasteiger partial charge in [0.2, 0.25) is 11.8 Å². The molecule has 2 aromatic rings. The summed E-state index contributed by atoms with van der Waals surface area (Å²) in [5.74, 6) is -0.300. The molecule has 7 nitrogen and oxygen atoms in total. The van der Waals surface area contributed by atoms with Crippen LogP contribution >= 0.6 is 15.9 Å². The van der Waals surface area contributed by atoms with E-state index in [1.807, 2.05) is 10.6 Å². The molecule has 8 heteroatoms. The van der Waals surface area contributed by atoms with Crippen LogP contribution in [0.5, 0.6) is 0 Å². The van der Waals surface area contributed by atoms with Crippen molar-refractivity contribution in [3.63, 3.8) is 0 Å². The molecule has 1 atom stereocenters. The molecule has 110 valence electrons. The number of hydrogen-bond donors (Lipinski definition) is 1. The van der Waals surface area contributed by atoms with E-state index in [-0.39, 0.29) is 17.9 Å². The van der Waals surface area contributed by atoms with Crippen LogP contribution in [-0.2, 0) is 16.1 Å². The maximum atomic E-state index is 12.0. The molecule has 3 rings (SSSR count). The number of nitrogens with zero attached hydrogens (tertiary/aromatic N) is 4. The average molecular weight is 352 g/mol. The third kappa shape index (κ3) is 2.68. The second-order valence-corrected chi connectivity index (χ2v) is 5.76. The van der Waals surface area contributed by atoms with Crippen LogP contribution in [0.25, 0.3) is 5.65 Å². The van der Waals surface area contributed by atoms with Gasteiger partial charge in [0.1, 0.15) is 4.60 Å². The number of piperidine rings is 1. The van der Waals surface area contributed by atoms with Crippen molar-refractivity contribution in [2.24, 2.45) is 0 Å². The van der Waals surface area contributed by atoms with Crippen molar-refractivity contribution in [1.29, 1.82) is 0 Å². The number of hydrogen-bond acceptors (Lipinski definition) is 5. The predicted molar refractivity (Wildman–Crippen MR) is 78.3 cm³/mol. The van der Waals surface area contributed by atoms with Crippen molar-refractivity contribution < 1.29 is 9.59 Å². The number of imide groups is 1. The summed E-state index contributed by atoms with van der Waals surface area (Å²) in [6.07, 6.45) is 6.18. The molecule has 1 unspecified atom stereocenters. The van der Waals surface area contributed by atoms with Gasteiger partial charge in [0.15, 0.2) is 5.65 Å². The monoisotopic (exact) mass is 351 g/mol. The van der Waals surface area contributed by atoms with Crippen molar-refractivity contribution in [2.45, 2.75) is 25.4 Å². The van der Waals surface area contributed by atoms with Gasteiger partial charge in [-0.1, -0.05) is 0 Å². The van der Waals surface area contributed by atoms with Gasteiger partial charge in [-0.05, 0) is 22.4 Å². The minimum absolute atomic E-state index is 0.122. The number of amides is 2. The maximum absolute atomic E-state index is 12.0. The minimum atomic E-state index is -0.330. The first-order chi connectivity index (χ1) is 10.1. The molecule has 1 aliphatic rings. The molecule has 2 aromatic heterocycles. The number of likely N-dealkylation sites (N-methyl/N-ethyl adjacent to an activating group) is 1. The number of carbonyl (C=O) groups excluding carboxylic acids is 2. The van der Waals surface area contributed by atoms with Crippen molar-refractivity contribution in [3.05, 3.63) is 28.9 Å². The van der Waals surface area contributed by atoms with E-state index >= 15 is 0 Å². The number of imidazole rings is 1. The number of aromatic nitrogens is 3. The van der Waals surface area contributed by atoms with Crippen LogP contribution in [-0.4, -0.2) is 44.2 Å². The van der Waals surface area contributed by atoms with E-state index < -0.39 is 0 Å². The van der Waals surface area contributed by atoms with E-state index in [0.717, 1.165) is 11.3 Å². The summed E-state index contributed by atoms with van der Waals surface area (Å²) < 4.78 is 2.63. The van der Waals surface area contributed by atoms with Crippen LogP contribution in [0.1, 0.15) is 18.5 Å². The lowest BCUT2D eigenvalue weighted by Gasteiger charge is -2.28. The van der Waals surface area contributed by atoms with Crippen molar-refractivity contribution in [2.75, 3.05) is 7.05 Å². The van der Waals surface area contributed by atoms with Gasteiger partial charge in [-0.15, -0.1) is 0 Å². The summed E-state index contributed by atoms with van der Waals surface area (Å²) in [6.45, 7) is 0.496. The Kier molecular flexibility index (Phi) is 3.73. The molecule has 1 saturated heterocycles. The fraction of sp³-hybridized carbons (Fsp3) is 0.385. The van der Waals surface area contributed by atoms with Crippen molar-refractivity contribution in [3.8, 4) is 0 Å². The zero-order valence-corrected chi connectivity index (χ0v) is 13.0. The molecule has 0 aliphatic carbocycles. The van der Waals surface area contributed by atoms with E-state index in [1.54, 1.807) is 12.4 Å². The number of carbonyl (C=O) groups is 2. The third-order valence-electron chi connectivity index (χ3n) is 3.62. The summed E-state index contributed by atoms with van der Waals surface area (Å²) in [6, 6.07) is -0.330. The first-order valence-corrected chi connectivity index (χ1v) is 7.37. The van der Waals surface area contributed by atoms with Crippen LogP contribution in [0.2, 0.25) is 0 Å². The number of likely N-dealkylation sites (tertiary alicyclic amines) is 1. The van der Waals surface area contributed by atoms with Crippen LogP contribution < -0.4 is 5.32 Å². The van der Waals surface area contributed by atoms with Gasteiger partial charge in [0.25, 0.3) is 0 Å². The number of rotatable bonds is 3. The van der Waals surface area contributed by atoms with Gasteiger partial charge in [-0.2, -0.15) is 0 Å². The molecule has 0 aromatic carbocycles. The van der Waals surface area contributed by atoms with Crippen LogP contribution in [0.15, 0.2) is 23.2 Å². The summed E-state index contributed by atoms with van der Waals surface area (Å²) in [5, 5.41) is 3.20. The van der Waals surface area contributed by atoms with Gasteiger partial charge in [-0.25, -0.2) is 9.97 Å². The van der Waals surface area contributed by atoms with Crippen molar-refractivity contribution in [1.82, 2.24) is 24.6 Å². The lowest BCUT2D eigenvalue weighted by atomic mass is 10.0. The Bertz CT molecular complexity index is 714. The molecule has 1 N–H and O–H groups in total. The zero-order chi connectivity index (χ0) is 15.0. The molecule has 0 spiro atoms. The Morgan fingerprint density at radius 2 is 2.19 bits per heavy atom. The Morgan fingerprint density at radius 1 is 1.38 bits per heavy atom. The summed E-state index contributed by atoms with van der Waals surface area (Å²) in [4.78, 5) is 33.0. The van der Waals surface area contributed by atoms with Gasteiger partial charge in [0, 0.05) is 26.2 Å². The van der Waals surface area contributed by atoms with E-state index in [9.17, 15) is 9.59 Å². The number of halogens is 1. The number of fused-ring (bicyclic) bond motifs is 1. The predicted octanol–water partition coefficient (Wildman–Crippen LogP) is 0.729. The highest BCUT2D eigenvalue weighted by Gasteiger charge is 2.31. The second-order valence-electron chi connectivity index (χ2n) is 4.95. The molecule has 21 heavy (non-hydrogen) atoms. The molecular weight excluding hydrogens is 338 g/mol. The highest BCUT2D eigenvalue weighted by Crippen LogP contribution is 2.14. The lowest BCUT2D eigenvalue weighted by molar-refractivity contribution is -0.148. The first kappa shape index (κ1) is 14.2. The fourth-order valence-corrected chi connectivity index (χ4v) is 2.69. The highest BCUT2D eigenvalue weighted by atomic mass is 79.9. The maximum Gasteiger partial charge on any atom is 0.246 e. The van der Waals surface area contributed by atoms with Gasteiger partial charge in [0.05, 0.1) is 24.1 Å². The molecule has 3 heterocycles. The molecular formula is C13H14BrN5O2. The first-order valence-electron chi connectivity index (χ1n) is 6.57. The summed E-state index contributed by atoms with van der Waals surface area (Å²) in [7, 11) is 1.52. The SMILES string of the molecule is CN1C(=O)CCC(NCc2cnc3cnc(Br)cn23)C1=O. The quantitative estimate of drug-likeness (QED) is 0.824. The summed E-state index contributed by atoms with van der Waals surface area (Å²) in [5.41, 5.74) is 1.68. The molecule has 0 saturated carbocycles. The Balaban J connectivity index is 1.73. The second kappa shape index (κ2) is 5.53. The highest BCUT2D eigenvalue weighted by molar-refractivity contribution is 9.10. The molecule has 2 amide bonds. The standard InChI is InChI=1S/C13H14BrN5O2/c1-18-12(20)3-2-9(13(18)21)15-4-8-5-17-11-6-16-10(14)7-19(8)11/h5-7,9,15H,2-4H2,1H3. The van der Waals surface area contributed by atoms with E-state index in [1.165, 1.54) is 11.9 Å². The van der Waals surface area contributed by atoms with Gasteiger partial charge in [-0.3, -0.25) is 18.9 Å². The molecule has 1 fully saturated rings. The fourth-order valence-electron chi connectivity index (χ4n) is 2.38. The van der Waals surface area contributed by atoms with Crippen LogP contribution in [0, 0.1) is 0 Å². The molecule has 0 radical (unpaired) electrons. The van der Waals surface area contributed by atoms with Crippen LogP contribution in [0.4, 0.5) is 0 Å². The molecule has 0 bridgehead atoms. The Hall–Kier alpha value is -1.80. The smallest absolute Gasteiger partial charge is 0.246 e. The Labute approximate surface area is 129 Å². The van der Waals surface area contributed by atoms with E-state index in [2.05, 4.69) is 31.2 Å². The van der Waals surface area contributed by atoms with E-state index in [0.29, 0.717) is 24.0 Å². The topological polar surface area (TPSA) is 79.6 Å². The largest absolute Gasteiger partial charge is 0.300 e. The Morgan fingerprint density at radius 3 is 3.00 bits per heavy atom.